The van der Waals surface area contributed by atoms with Gasteiger partial charge in [0, 0.05) is 17.6 Å². The van der Waals surface area contributed by atoms with Gasteiger partial charge in [-0.3, -0.25) is 4.79 Å². The molecule has 124 valence electrons. The van der Waals surface area contributed by atoms with E-state index in [4.69, 9.17) is 4.74 Å². The molecule has 0 spiro atoms. The molecule has 1 aromatic rings. The number of hydrogen-bond acceptors (Lipinski definition) is 3. The molecule has 0 saturated carbocycles. The van der Waals surface area contributed by atoms with E-state index in [0.29, 0.717) is 18.6 Å². The Morgan fingerprint density at radius 1 is 1.29 bits per heavy atom. The number of esters is 1. The van der Waals surface area contributed by atoms with Gasteiger partial charge in [0.1, 0.15) is 0 Å². The van der Waals surface area contributed by atoms with Crippen molar-refractivity contribution in [3.05, 3.63) is 59.2 Å². The topological polar surface area (TPSA) is 43.4 Å². The molecule has 0 heterocycles. The summed E-state index contributed by atoms with van der Waals surface area (Å²) in [4.78, 5) is 23.5. The number of ether oxygens (including phenoxy) is 1. The second-order valence-corrected chi connectivity index (χ2v) is 6.41. The number of ketones is 1. The minimum absolute atomic E-state index is 0.0595. The quantitative estimate of drug-likeness (QED) is 0.622. The third-order valence-corrected chi connectivity index (χ3v) is 3.82. The van der Waals surface area contributed by atoms with Crippen molar-refractivity contribution >= 4 is 11.8 Å². The fraction of sp³-hybridized carbons (Fsp3) is 0.333. The number of carbonyl (C=O) groups excluding carboxylic acids is 2. The average molecular weight is 322 g/mol. The van der Waals surface area contributed by atoms with Gasteiger partial charge in [0.2, 0.25) is 0 Å². The van der Waals surface area contributed by atoms with Gasteiger partial charge < -0.3 is 4.74 Å². The Morgan fingerprint density at radius 2 is 2.00 bits per heavy atom. The maximum atomic E-state index is 11.9. The third kappa shape index (κ3) is 4.96. The second-order valence-electron chi connectivity index (χ2n) is 6.41. The van der Waals surface area contributed by atoms with Crippen LogP contribution < -0.4 is 0 Å². The minimum atomic E-state index is -0.331. The predicted octanol–water partition coefficient (Wildman–Crippen LogP) is 4.09. The van der Waals surface area contributed by atoms with Gasteiger partial charge in [-0.15, -0.1) is 0 Å². The van der Waals surface area contributed by atoms with Crippen LogP contribution in [0.15, 0.2) is 48.1 Å². The second kappa shape index (κ2) is 7.79. The third-order valence-electron chi connectivity index (χ3n) is 3.82. The summed E-state index contributed by atoms with van der Waals surface area (Å²) in [7, 11) is 0. The first-order valence-electron chi connectivity index (χ1n) is 8.12. The molecule has 24 heavy (non-hydrogen) atoms. The van der Waals surface area contributed by atoms with Crippen molar-refractivity contribution in [2.75, 3.05) is 6.61 Å². The summed E-state index contributed by atoms with van der Waals surface area (Å²) in [5.41, 5.74) is 2.11. The van der Waals surface area contributed by atoms with Crippen molar-refractivity contribution in [3.63, 3.8) is 0 Å². The monoisotopic (exact) mass is 322 g/mol. The zero-order valence-corrected chi connectivity index (χ0v) is 14.4. The first kappa shape index (κ1) is 17.7. The van der Waals surface area contributed by atoms with Gasteiger partial charge >= 0.3 is 5.97 Å². The predicted molar refractivity (Wildman–Crippen MR) is 94.5 cm³/mol. The number of allylic oxidation sites excluding steroid dienone is 4. The summed E-state index contributed by atoms with van der Waals surface area (Å²) in [5, 5.41) is 0. The fourth-order valence-corrected chi connectivity index (χ4v) is 2.46. The molecular formula is C21H22O3. The summed E-state index contributed by atoms with van der Waals surface area (Å²) in [6.45, 7) is 6.39. The Labute approximate surface area is 143 Å². The summed E-state index contributed by atoms with van der Waals surface area (Å²) >= 11 is 0. The molecule has 1 aromatic carbocycles. The molecule has 0 bridgehead atoms. The van der Waals surface area contributed by atoms with E-state index in [2.05, 4.69) is 25.7 Å². The zero-order valence-electron chi connectivity index (χ0n) is 14.4. The van der Waals surface area contributed by atoms with E-state index in [0.717, 1.165) is 17.6 Å². The van der Waals surface area contributed by atoms with Gasteiger partial charge in [0.15, 0.2) is 5.78 Å². The van der Waals surface area contributed by atoms with Crippen LogP contribution in [0, 0.1) is 17.3 Å². The van der Waals surface area contributed by atoms with Gasteiger partial charge in [-0.1, -0.05) is 31.8 Å². The molecule has 0 amide bonds. The smallest absolute Gasteiger partial charge is 0.338 e. The molecule has 0 radical (unpaired) electrons. The van der Waals surface area contributed by atoms with Crippen LogP contribution in [0.3, 0.4) is 0 Å². The maximum Gasteiger partial charge on any atom is 0.338 e. The molecule has 1 aliphatic rings. The first-order valence-corrected chi connectivity index (χ1v) is 8.12. The molecule has 3 nitrogen and oxygen atoms in total. The van der Waals surface area contributed by atoms with E-state index >= 15 is 0 Å². The molecular weight excluding hydrogens is 300 g/mol. The largest absolute Gasteiger partial charge is 0.462 e. The lowest BCUT2D eigenvalue weighted by atomic mass is 9.79. The number of benzene rings is 1. The van der Waals surface area contributed by atoms with Crippen molar-refractivity contribution in [2.45, 2.75) is 33.6 Å². The van der Waals surface area contributed by atoms with Crippen LogP contribution in [0.4, 0.5) is 0 Å². The molecule has 0 fully saturated rings. The average Bonchev–Trinajstić information content (AvgIpc) is 2.55. The number of carbonyl (C=O) groups is 2. The maximum absolute atomic E-state index is 11.9. The Hall–Kier alpha value is -2.60. The molecule has 0 N–H and O–H groups in total. The number of hydrogen-bond donors (Lipinski definition) is 0. The van der Waals surface area contributed by atoms with Crippen LogP contribution in [0.2, 0.25) is 0 Å². The molecule has 0 aromatic heterocycles. The lowest BCUT2D eigenvalue weighted by Crippen LogP contribution is -2.18. The van der Waals surface area contributed by atoms with Gasteiger partial charge in [0.25, 0.3) is 0 Å². The van der Waals surface area contributed by atoms with Gasteiger partial charge in [-0.2, -0.15) is 0 Å². The summed E-state index contributed by atoms with van der Waals surface area (Å²) in [6.07, 6.45) is 6.98. The first-order chi connectivity index (χ1) is 11.4. The Bertz CT molecular complexity index is 738. The Kier molecular flexibility index (Phi) is 5.76. The highest BCUT2D eigenvalue weighted by Crippen LogP contribution is 2.31. The standard InChI is InChI=1S/C21H22O3/c1-4-24-20(23)17-11-9-16(10-12-17)7-5-6-8-18-15-21(2,3)14-13-19(18)22/h6,8-12,15H,4,13-14H2,1-3H3/b8-6+. The number of Topliss-reactive ketones (excluding diaryl/α,β-unsaturated/α-hetero) is 1. The van der Waals surface area contributed by atoms with Crippen LogP contribution in [0.1, 0.15) is 49.5 Å². The minimum Gasteiger partial charge on any atom is -0.462 e. The van der Waals surface area contributed by atoms with Crippen LogP contribution >= 0.6 is 0 Å². The molecule has 0 saturated heterocycles. The van der Waals surface area contributed by atoms with Crippen molar-refractivity contribution in [2.24, 2.45) is 5.41 Å². The van der Waals surface area contributed by atoms with E-state index in [1.165, 1.54) is 0 Å². The van der Waals surface area contributed by atoms with E-state index in [1.54, 1.807) is 43.3 Å². The van der Waals surface area contributed by atoms with Crippen LogP contribution in [-0.2, 0) is 9.53 Å². The van der Waals surface area contributed by atoms with Crippen molar-refractivity contribution in [1.82, 2.24) is 0 Å². The molecule has 0 unspecified atom stereocenters. The lowest BCUT2D eigenvalue weighted by Gasteiger charge is -2.25. The van der Waals surface area contributed by atoms with E-state index in [1.807, 2.05) is 6.08 Å². The van der Waals surface area contributed by atoms with Crippen molar-refractivity contribution < 1.29 is 14.3 Å². The molecule has 1 aliphatic carbocycles. The molecule has 3 heteroatoms. The Morgan fingerprint density at radius 3 is 2.67 bits per heavy atom. The normalized spacial score (nSPS) is 16.3. The highest BCUT2D eigenvalue weighted by atomic mass is 16.5. The summed E-state index contributed by atoms with van der Waals surface area (Å²) < 4.78 is 4.94. The van der Waals surface area contributed by atoms with Crippen LogP contribution in [0.5, 0.6) is 0 Å². The fourth-order valence-electron chi connectivity index (χ4n) is 2.46. The summed E-state index contributed by atoms with van der Waals surface area (Å²) in [5.74, 6) is 5.76. The highest BCUT2D eigenvalue weighted by Gasteiger charge is 2.24. The molecule has 0 atom stereocenters. The van der Waals surface area contributed by atoms with E-state index in [-0.39, 0.29) is 17.2 Å². The van der Waals surface area contributed by atoms with Gasteiger partial charge in [0.05, 0.1) is 12.2 Å². The van der Waals surface area contributed by atoms with Crippen molar-refractivity contribution in [3.8, 4) is 11.8 Å². The van der Waals surface area contributed by atoms with Crippen LogP contribution in [0.25, 0.3) is 0 Å². The van der Waals surface area contributed by atoms with E-state index < -0.39 is 0 Å². The van der Waals surface area contributed by atoms with Crippen LogP contribution in [-0.4, -0.2) is 18.4 Å². The Balaban J connectivity index is 2.04. The summed E-state index contributed by atoms with van der Waals surface area (Å²) in [6, 6.07) is 6.95. The molecule has 0 aliphatic heterocycles. The number of rotatable bonds is 3. The molecule has 2 rings (SSSR count). The van der Waals surface area contributed by atoms with Gasteiger partial charge in [-0.05, 0) is 55.2 Å². The van der Waals surface area contributed by atoms with Gasteiger partial charge in [-0.25, -0.2) is 4.79 Å². The SMILES string of the molecule is CCOC(=O)c1ccc(C#C/C=C/C2=CC(C)(C)CCC2=O)cc1. The van der Waals surface area contributed by atoms with E-state index in [9.17, 15) is 9.59 Å². The lowest BCUT2D eigenvalue weighted by molar-refractivity contribution is -0.116. The zero-order chi connectivity index (χ0) is 17.6. The highest BCUT2D eigenvalue weighted by molar-refractivity contribution is 5.99. The van der Waals surface area contributed by atoms with Crippen molar-refractivity contribution in [1.29, 1.82) is 0 Å².